The minimum absolute atomic E-state index is 0.498. The monoisotopic (exact) mass is 270 g/mol. The van der Waals surface area contributed by atoms with Gasteiger partial charge in [-0.25, -0.2) is 4.98 Å². The van der Waals surface area contributed by atoms with E-state index in [0.717, 1.165) is 16.6 Å². The van der Waals surface area contributed by atoms with Crippen LogP contribution < -0.4 is 0 Å². The summed E-state index contributed by atoms with van der Waals surface area (Å²) < 4.78 is 14.3. The summed E-state index contributed by atoms with van der Waals surface area (Å²) in [7, 11) is 0.784. The van der Waals surface area contributed by atoms with E-state index < -0.39 is 10.8 Å². The van der Waals surface area contributed by atoms with Crippen molar-refractivity contribution in [3.8, 4) is 0 Å². The number of nitrogens with zero attached hydrogens (tertiary/aromatic N) is 2. The highest BCUT2D eigenvalue weighted by molar-refractivity contribution is 7.84. The summed E-state index contributed by atoms with van der Waals surface area (Å²) in [6, 6.07) is 17.7. The van der Waals surface area contributed by atoms with Crippen molar-refractivity contribution >= 4 is 21.8 Å². The van der Waals surface area contributed by atoms with Crippen LogP contribution in [-0.2, 0) is 23.6 Å². The molecule has 1 atom stereocenters. The fourth-order valence-corrected chi connectivity index (χ4v) is 3.35. The number of imidazole rings is 1. The molecule has 0 bridgehead atoms. The zero-order chi connectivity index (χ0) is 13.2. The summed E-state index contributed by atoms with van der Waals surface area (Å²) in [5, 5.41) is 0.630. The van der Waals surface area contributed by atoms with Crippen LogP contribution in [0.4, 0.5) is 0 Å². The molecule has 0 saturated heterocycles. The van der Waals surface area contributed by atoms with E-state index in [2.05, 4.69) is 4.98 Å². The third kappa shape index (κ3) is 2.31. The van der Waals surface area contributed by atoms with Crippen LogP contribution in [-0.4, -0.2) is 13.8 Å². The molecule has 0 aliphatic heterocycles. The molecule has 19 heavy (non-hydrogen) atoms. The number of rotatable bonds is 3. The summed E-state index contributed by atoms with van der Waals surface area (Å²) >= 11 is 0. The lowest BCUT2D eigenvalue weighted by Crippen LogP contribution is -2.03. The van der Waals surface area contributed by atoms with Crippen molar-refractivity contribution in [3.63, 3.8) is 0 Å². The first-order chi connectivity index (χ1) is 9.25. The quantitative estimate of drug-likeness (QED) is 0.733. The SMILES string of the molecule is Cn1c([S@@](=O)Cc2ccccc2)nc2ccccc21. The minimum atomic E-state index is -1.13. The smallest absolute Gasteiger partial charge is 0.200 e. The molecule has 0 radical (unpaired) electrons. The number of hydrogen-bond acceptors (Lipinski definition) is 2. The summed E-state index contributed by atoms with van der Waals surface area (Å²) in [4.78, 5) is 4.47. The second-order valence-electron chi connectivity index (χ2n) is 4.42. The molecule has 96 valence electrons. The number of para-hydroxylation sites is 2. The van der Waals surface area contributed by atoms with Gasteiger partial charge in [0.05, 0.1) is 27.6 Å². The maximum absolute atomic E-state index is 12.4. The van der Waals surface area contributed by atoms with Gasteiger partial charge in [-0.1, -0.05) is 42.5 Å². The van der Waals surface area contributed by atoms with Gasteiger partial charge >= 0.3 is 0 Å². The zero-order valence-electron chi connectivity index (χ0n) is 10.6. The first kappa shape index (κ1) is 12.1. The van der Waals surface area contributed by atoms with Crippen LogP contribution in [0.1, 0.15) is 5.56 Å². The molecule has 4 heteroatoms. The first-order valence-electron chi connectivity index (χ1n) is 6.09. The van der Waals surface area contributed by atoms with Crippen LogP contribution in [0.25, 0.3) is 11.0 Å². The van der Waals surface area contributed by atoms with Crippen molar-refractivity contribution in [1.82, 2.24) is 9.55 Å². The largest absolute Gasteiger partial charge is 0.320 e. The molecular weight excluding hydrogens is 256 g/mol. The molecule has 2 aromatic carbocycles. The van der Waals surface area contributed by atoms with E-state index in [4.69, 9.17) is 0 Å². The Labute approximate surface area is 114 Å². The zero-order valence-corrected chi connectivity index (χ0v) is 11.4. The molecule has 0 spiro atoms. The maximum atomic E-state index is 12.4. The molecule has 0 saturated carbocycles. The highest BCUT2D eigenvalue weighted by Crippen LogP contribution is 2.18. The number of benzene rings is 2. The van der Waals surface area contributed by atoms with E-state index in [1.165, 1.54) is 0 Å². The molecule has 0 fully saturated rings. The topological polar surface area (TPSA) is 34.9 Å². The van der Waals surface area contributed by atoms with Crippen LogP contribution in [0.15, 0.2) is 59.8 Å². The molecule has 0 N–H and O–H groups in total. The molecule has 1 heterocycles. The van der Waals surface area contributed by atoms with Gasteiger partial charge in [0.1, 0.15) is 0 Å². The molecule has 0 aliphatic carbocycles. The highest BCUT2D eigenvalue weighted by Gasteiger charge is 2.13. The van der Waals surface area contributed by atoms with Crippen molar-refractivity contribution in [2.75, 3.05) is 0 Å². The average molecular weight is 270 g/mol. The molecule has 1 aromatic heterocycles. The Bertz CT molecular complexity index is 734. The van der Waals surface area contributed by atoms with Crippen molar-refractivity contribution in [2.24, 2.45) is 7.05 Å². The average Bonchev–Trinajstić information content (AvgIpc) is 2.78. The molecule has 3 aromatic rings. The second kappa shape index (κ2) is 4.97. The van der Waals surface area contributed by atoms with Gasteiger partial charge in [-0.15, -0.1) is 0 Å². The number of aryl methyl sites for hydroxylation is 1. The normalized spacial score (nSPS) is 12.7. The van der Waals surface area contributed by atoms with Gasteiger partial charge in [0.15, 0.2) is 5.16 Å². The molecular formula is C15H14N2OS. The Kier molecular flexibility index (Phi) is 3.17. The van der Waals surface area contributed by atoms with E-state index in [1.54, 1.807) is 0 Å². The van der Waals surface area contributed by atoms with E-state index in [1.807, 2.05) is 66.2 Å². The third-order valence-electron chi connectivity index (χ3n) is 3.09. The fraction of sp³-hybridized carbons (Fsp3) is 0.133. The van der Waals surface area contributed by atoms with Gasteiger partial charge < -0.3 is 4.57 Å². The fourth-order valence-electron chi connectivity index (χ4n) is 2.12. The lowest BCUT2D eigenvalue weighted by molar-refractivity contribution is 0.667. The van der Waals surface area contributed by atoms with Crippen molar-refractivity contribution < 1.29 is 4.21 Å². The van der Waals surface area contributed by atoms with Crippen LogP contribution >= 0.6 is 0 Å². The predicted molar refractivity (Wildman–Crippen MR) is 77.3 cm³/mol. The van der Waals surface area contributed by atoms with Crippen LogP contribution in [0.2, 0.25) is 0 Å². The predicted octanol–water partition coefficient (Wildman–Crippen LogP) is 2.88. The molecule has 3 rings (SSSR count). The Balaban J connectivity index is 1.96. The highest BCUT2D eigenvalue weighted by atomic mass is 32.2. The van der Waals surface area contributed by atoms with Crippen molar-refractivity contribution in [2.45, 2.75) is 10.9 Å². The van der Waals surface area contributed by atoms with Gasteiger partial charge in [0.2, 0.25) is 0 Å². The second-order valence-corrected chi connectivity index (χ2v) is 5.76. The number of hydrogen-bond donors (Lipinski definition) is 0. The Hall–Kier alpha value is -1.94. The Morgan fingerprint density at radius 2 is 1.74 bits per heavy atom. The standard InChI is InChI=1S/C15H14N2OS/c1-17-14-10-6-5-9-13(14)16-15(17)19(18)11-12-7-3-2-4-8-12/h2-10H,11H2,1H3/t19-/m0/s1. The number of aromatic nitrogens is 2. The summed E-state index contributed by atoms with van der Waals surface area (Å²) in [5.74, 6) is 0.498. The van der Waals surface area contributed by atoms with Crippen LogP contribution in [0, 0.1) is 0 Å². The van der Waals surface area contributed by atoms with E-state index in [9.17, 15) is 4.21 Å². The van der Waals surface area contributed by atoms with E-state index >= 15 is 0 Å². The van der Waals surface area contributed by atoms with E-state index in [-0.39, 0.29) is 0 Å². The molecule has 3 nitrogen and oxygen atoms in total. The summed E-state index contributed by atoms with van der Waals surface area (Å²) in [5.41, 5.74) is 2.97. The summed E-state index contributed by atoms with van der Waals surface area (Å²) in [6.45, 7) is 0. The van der Waals surface area contributed by atoms with Gasteiger partial charge in [-0.2, -0.15) is 0 Å². The van der Waals surface area contributed by atoms with Crippen LogP contribution in [0.3, 0.4) is 0 Å². The van der Waals surface area contributed by atoms with Gasteiger partial charge in [-0.05, 0) is 17.7 Å². The third-order valence-corrected chi connectivity index (χ3v) is 4.46. The Morgan fingerprint density at radius 3 is 2.47 bits per heavy atom. The summed E-state index contributed by atoms with van der Waals surface area (Å²) in [6.07, 6.45) is 0. The maximum Gasteiger partial charge on any atom is 0.200 e. The van der Waals surface area contributed by atoms with Gasteiger partial charge in [0.25, 0.3) is 0 Å². The number of fused-ring (bicyclic) bond motifs is 1. The molecule has 0 unspecified atom stereocenters. The van der Waals surface area contributed by atoms with Crippen LogP contribution in [0.5, 0.6) is 0 Å². The lowest BCUT2D eigenvalue weighted by Gasteiger charge is -2.02. The Morgan fingerprint density at radius 1 is 1.05 bits per heavy atom. The van der Waals surface area contributed by atoms with Gasteiger partial charge in [-0.3, -0.25) is 4.21 Å². The van der Waals surface area contributed by atoms with Crippen molar-refractivity contribution in [1.29, 1.82) is 0 Å². The van der Waals surface area contributed by atoms with Gasteiger partial charge in [0, 0.05) is 7.05 Å². The first-order valence-corrected chi connectivity index (χ1v) is 7.41. The molecule has 0 amide bonds. The van der Waals surface area contributed by atoms with E-state index in [0.29, 0.717) is 10.9 Å². The lowest BCUT2D eigenvalue weighted by atomic mass is 10.2. The molecule has 0 aliphatic rings. The minimum Gasteiger partial charge on any atom is -0.320 e. The van der Waals surface area contributed by atoms with Crippen molar-refractivity contribution in [3.05, 3.63) is 60.2 Å².